The second-order valence-electron chi connectivity index (χ2n) is 5.30. The van der Waals surface area contributed by atoms with Crippen LogP contribution in [0.4, 0.5) is 5.69 Å². The van der Waals surface area contributed by atoms with Crippen LogP contribution in [0.15, 0.2) is 36.4 Å². The van der Waals surface area contributed by atoms with Crippen LogP contribution in [-0.4, -0.2) is 24.1 Å². The van der Waals surface area contributed by atoms with Gasteiger partial charge >= 0.3 is 5.97 Å². The molecule has 3 rings (SSSR count). The fraction of sp³-hybridized carbons (Fsp3) is 0.235. The molecule has 0 bridgehead atoms. The Balaban J connectivity index is 1.77. The van der Waals surface area contributed by atoms with Crippen molar-refractivity contribution >= 4 is 23.3 Å². The third-order valence-corrected chi connectivity index (χ3v) is 3.87. The SMILES string of the molecule is O=C(OCc1ccccc1[N+](=O)[O-])c1cc(Cl)c2c(c1)OCCCO2. The second kappa shape index (κ2) is 7.40. The minimum atomic E-state index is -0.657. The minimum absolute atomic E-state index is 0.105. The normalized spacial score (nSPS) is 13.0. The van der Waals surface area contributed by atoms with E-state index in [1.54, 1.807) is 12.1 Å². The summed E-state index contributed by atoms with van der Waals surface area (Å²) in [4.78, 5) is 22.7. The van der Waals surface area contributed by atoms with E-state index in [-0.39, 0.29) is 22.9 Å². The van der Waals surface area contributed by atoms with E-state index < -0.39 is 10.9 Å². The fourth-order valence-corrected chi connectivity index (χ4v) is 2.65. The number of hydrogen-bond acceptors (Lipinski definition) is 6. The highest BCUT2D eigenvalue weighted by molar-refractivity contribution is 6.32. The molecule has 8 heteroatoms. The van der Waals surface area contributed by atoms with Gasteiger partial charge in [-0.15, -0.1) is 0 Å². The predicted octanol–water partition coefficient (Wildman–Crippen LogP) is 3.77. The van der Waals surface area contributed by atoms with Crippen LogP contribution in [0.3, 0.4) is 0 Å². The number of carbonyl (C=O) groups is 1. The number of nitro benzene ring substituents is 1. The predicted molar refractivity (Wildman–Crippen MR) is 89.3 cm³/mol. The summed E-state index contributed by atoms with van der Waals surface area (Å²) in [6.45, 7) is 0.717. The van der Waals surface area contributed by atoms with Crippen LogP contribution in [0.1, 0.15) is 22.3 Å². The molecule has 1 aliphatic rings. The van der Waals surface area contributed by atoms with Crippen molar-refractivity contribution < 1.29 is 23.9 Å². The Hall–Kier alpha value is -2.80. The standard InChI is InChI=1S/C17H14ClNO6/c18-13-8-12(9-15-16(13)24-7-3-6-23-15)17(20)25-10-11-4-1-2-5-14(11)19(21)22/h1-2,4-5,8-9H,3,6-7,10H2. The average Bonchev–Trinajstić information content (AvgIpc) is 2.85. The molecule has 0 saturated heterocycles. The monoisotopic (exact) mass is 363 g/mol. The zero-order chi connectivity index (χ0) is 17.8. The number of ether oxygens (including phenoxy) is 3. The topological polar surface area (TPSA) is 87.9 Å². The zero-order valence-electron chi connectivity index (χ0n) is 13.1. The molecule has 0 spiro atoms. The number of rotatable bonds is 4. The molecule has 0 N–H and O–H groups in total. The summed E-state index contributed by atoms with van der Waals surface area (Å²) in [5.41, 5.74) is 0.390. The summed E-state index contributed by atoms with van der Waals surface area (Å²) < 4.78 is 16.2. The lowest BCUT2D eigenvalue weighted by molar-refractivity contribution is -0.385. The van der Waals surface area contributed by atoms with Crippen molar-refractivity contribution in [1.82, 2.24) is 0 Å². The Kier molecular flexibility index (Phi) is 5.04. The molecule has 1 heterocycles. The minimum Gasteiger partial charge on any atom is -0.489 e. The highest BCUT2D eigenvalue weighted by atomic mass is 35.5. The number of para-hydroxylation sites is 1. The summed E-state index contributed by atoms with van der Waals surface area (Å²) in [6.07, 6.45) is 0.711. The number of esters is 1. The number of carbonyl (C=O) groups excluding carboxylic acids is 1. The third kappa shape index (κ3) is 3.83. The Morgan fingerprint density at radius 3 is 2.80 bits per heavy atom. The zero-order valence-corrected chi connectivity index (χ0v) is 13.8. The van der Waals surface area contributed by atoms with Crippen LogP contribution in [0.2, 0.25) is 5.02 Å². The number of nitrogens with zero attached hydrogens (tertiary/aromatic N) is 1. The maximum atomic E-state index is 12.3. The molecule has 0 aromatic heterocycles. The first kappa shape index (κ1) is 17.0. The highest BCUT2D eigenvalue weighted by Gasteiger charge is 2.20. The van der Waals surface area contributed by atoms with Gasteiger partial charge in [-0.05, 0) is 18.2 Å². The second-order valence-corrected chi connectivity index (χ2v) is 5.70. The van der Waals surface area contributed by atoms with E-state index >= 15 is 0 Å². The molecule has 2 aromatic carbocycles. The van der Waals surface area contributed by atoms with Crippen molar-refractivity contribution in [3.8, 4) is 11.5 Å². The molecule has 1 aliphatic heterocycles. The van der Waals surface area contributed by atoms with Crippen molar-refractivity contribution in [1.29, 1.82) is 0 Å². The van der Waals surface area contributed by atoms with Crippen LogP contribution in [0.25, 0.3) is 0 Å². The molecule has 130 valence electrons. The van der Waals surface area contributed by atoms with Crippen molar-refractivity contribution in [2.75, 3.05) is 13.2 Å². The maximum Gasteiger partial charge on any atom is 0.338 e. The van der Waals surface area contributed by atoms with E-state index in [0.29, 0.717) is 36.7 Å². The smallest absolute Gasteiger partial charge is 0.338 e. The van der Waals surface area contributed by atoms with Gasteiger partial charge in [0.1, 0.15) is 6.61 Å². The van der Waals surface area contributed by atoms with Gasteiger partial charge in [0.05, 0.1) is 34.3 Å². The summed E-state index contributed by atoms with van der Waals surface area (Å²) >= 11 is 6.15. The first-order valence-electron chi connectivity index (χ1n) is 7.55. The van der Waals surface area contributed by atoms with Gasteiger partial charge in [-0.3, -0.25) is 10.1 Å². The van der Waals surface area contributed by atoms with Gasteiger partial charge in [0.2, 0.25) is 0 Å². The average molecular weight is 364 g/mol. The van der Waals surface area contributed by atoms with E-state index in [4.69, 9.17) is 25.8 Å². The Morgan fingerprint density at radius 1 is 1.24 bits per heavy atom. The van der Waals surface area contributed by atoms with Crippen LogP contribution < -0.4 is 9.47 Å². The first-order chi connectivity index (χ1) is 12.1. The van der Waals surface area contributed by atoms with Gasteiger partial charge in [-0.1, -0.05) is 23.7 Å². The number of benzene rings is 2. The third-order valence-electron chi connectivity index (χ3n) is 3.58. The van der Waals surface area contributed by atoms with E-state index in [1.165, 1.54) is 24.3 Å². The molecule has 0 radical (unpaired) electrons. The van der Waals surface area contributed by atoms with Crippen molar-refractivity contribution in [3.05, 3.63) is 62.7 Å². The molecule has 0 aliphatic carbocycles. The quantitative estimate of drug-likeness (QED) is 0.467. The molecule has 0 fully saturated rings. The lowest BCUT2D eigenvalue weighted by Crippen LogP contribution is -2.07. The van der Waals surface area contributed by atoms with Gasteiger partial charge in [-0.2, -0.15) is 0 Å². The van der Waals surface area contributed by atoms with Gasteiger partial charge < -0.3 is 14.2 Å². The van der Waals surface area contributed by atoms with E-state index in [2.05, 4.69) is 0 Å². The molecule has 25 heavy (non-hydrogen) atoms. The van der Waals surface area contributed by atoms with Crippen LogP contribution in [-0.2, 0) is 11.3 Å². The van der Waals surface area contributed by atoms with Crippen LogP contribution in [0, 0.1) is 10.1 Å². The number of fused-ring (bicyclic) bond motifs is 1. The lowest BCUT2D eigenvalue weighted by atomic mass is 10.2. The molecule has 0 amide bonds. The van der Waals surface area contributed by atoms with Crippen LogP contribution in [0.5, 0.6) is 11.5 Å². The number of halogens is 1. The van der Waals surface area contributed by atoms with Crippen molar-refractivity contribution in [3.63, 3.8) is 0 Å². The van der Waals surface area contributed by atoms with Gasteiger partial charge in [-0.25, -0.2) is 4.79 Å². The fourth-order valence-electron chi connectivity index (χ4n) is 2.39. The highest BCUT2D eigenvalue weighted by Crippen LogP contribution is 2.38. The van der Waals surface area contributed by atoms with E-state index in [9.17, 15) is 14.9 Å². The summed E-state index contributed by atoms with van der Waals surface area (Å²) in [6, 6.07) is 9.00. The molecule has 0 atom stereocenters. The molecular weight excluding hydrogens is 350 g/mol. The van der Waals surface area contributed by atoms with Gasteiger partial charge in [0.25, 0.3) is 5.69 Å². The van der Waals surface area contributed by atoms with Gasteiger partial charge in [0.15, 0.2) is 11.5 Å². The summed E-state index contributed by atoms with van der Waals surface area (Å²) in [5.74, 6) is 0.118. The Morgan fingerprint density at radius 2 is 2.00 bits per heavy atom. The maximum absolute atomic E-state index is 12.3. The Labute approximate surface area is 148 Å². The van der Waals surface area contributed by atoms with Crippen LogP contribution >= 0.6 is 11.6 Å². The molecule has 7 nitrogen and oxygen atoms in total. The summed E-state index contributed by atoms with van der Waals surface area (Å²) in [7, 11) is 0. The summed E-state index contributed by atoms with van der Waals surface area (Å²) in [5, 5.41) is 11.2. The molecular formula is C17H14ClNO6. The van der Waals surface area contributed by atoms with E-state index in [1.807, 2.05) is 0 Å². The Bertz CT molecular complexity index is 823. The number of nitro groups is 1. The van der Waals surface area contributed by atoms with E-state index in [0.717, 1.165) is 0 Å². The number of hydrogen-bond donors (Lipinski definition) is 0. The first-order valence-corrected chi connectivity index (χ1v) is 7.92. The van der Waals surface area contributed by atoms with Crippen molar-refractivity contribution in [2.24, 2.45) is 0 Å². The molecule has 0 unspecified atom stereocenters. The lowest BCUT2D eigenvalue weighted by Gasteiger charge is -2.11. The van der Waals surface area contributed by atoms with Crippen molar-refractivity contribution in [2.45, 2.75) is 13.0 Å². The molecule has 0 saturated carbocycles. The molecule has 2 aromatic rings. The largest absolute Gasteiger partial charge is 0.489 e. The van der Waals surface area contributed by atoms with Gasteiger partial charge in [0, 0.05) is 12.5 Å².